The Morgan fingerprint density at radius 3 is 2.54 bits per heavy atom. The maximum Gasteiger partial charge on any atom is 0.325 e. The van der Waals surface area contributed by atoms with Crippen LogP contribution in [0.3, 0.4) is 0 Å². The molecule has 0 aliphatic carbocycles. The molecule has 1 aromatic carbocycles. The minimum atomic E-state index is -1.26. The fraction of sp³-hybridized carbons (Fsp3) is 0.471. The van der Waals surface area contributed by atoms with E-state index in [1.54, 1.807) is 36.1 Å². The SMILES string of the molecule is COc1ccccc1C1(C)NC(=O)N(CC(=O)N2CCNCC2)C1=O.Cl. The van der Waals surface area contributed by atoms with Crippen LogP contribution < -0.4 is 15.4 Å². The van der Waals surface area contributed by atoms with Gasteiger partial charge in [-0.05, 0) is 13.0 Å². The molecule has 0 bridgehead atoms. The highest BCUT2D eigenvalue weighted by atomic mass is 35.5. The van der Waals surface area contributed by atoms with Crippen molar-refractivity contribution in [3.63, 3.8) is 0 Å². The van der Waals surface area contributed by atoms with Crippen molar-refractivity contribution in [2.45, 2.75) is 12.5 Å². The molecule has 0 saturated carbocycles. The molecule has 2 heterocycles. The van der Waals surface area contributed by atoms with Gasteiger partial charge in [0.25, 0.3) is 5.91 Å². The van der Waals surface area contributed by atoms with E-state index in [2.05, 4.69) is 10.6 Å². The number of piperazine rings is 1. The number of nitrogens with one attached hydrogen (secondary N) is 2. The minimum Gasteiger partial charge on any atom is -0.496 e. The number of benzene rings is 1. The lowest BCUT2D eigenvalue weighted by Crippen LogP contribution is -2.50. The van der Waals surface area contributed by atoms with E-state index < -0.39 is 17.5 Å². The van der Waals surface area contributed by atoms with E-state index in [4.69, 9.17) is 4.74 Å². The van der Waals surface area contributed by atoms with Gasteiger partial charge in [-0.3, -0.25) is 14.5 Å². The number of halogens is 1. The number of carbonyl (C=O) groups is 3. The van der Waals surface area contributed by atoms with Crippen LogP contribution in [-0.4, -0.2) is 67.5 Å². The van der Waals surface area contributed by atoms with Crippen LogP contribution in [0, 0.1) is 0 Å². The summed E-state index contributed by atoms with van der Waals surface area (Å²) in [6.07, 6.45) is 0. The third kappa shape index (κ3) is 3.47. The third-order valence-electron chi connectivity index (χ3n) is 4.68. The molecule has 2 saturated heterocycles. The maximum absolute atomic E-state index is 12.9. The normalized spacial score (nSPS) is 22.7. The summed E-state index contributed by atoms with van der Waals surface area (Å²) in [7, 11) is 1.51. The second-order valence-electron chi connectivity index (χ2n) is 6.28. The Balaban J connectivity index is 0.00000243. The molecule has 26 heavy (non-hydrogen) atoms. The van der Waals surface area contributed by atoms with Crippen molar-refractivity contribution in [1.29, 1.82) is 0 Å². The Morgan fingerprint density at radius 1 is 1.23 bits per heavy atom. The van der Waals surface area contributed by atoms with Crippen LogP contribution in [0.1, 0.15) is 12.5 Å². The summed E-state index contributed by atoms with van der Waals surface area (Å²) < 4.78 is 5.31. The summed E-state index contributed by atoms with van der Waals surface area (Å²) in [5.74, 6) is -0.173. The molecule has 2 N–H and O–H groups in total. The van der Waals surface area contributed by atoms with Crippen molar-refractivity contribution in [3.8, 4) is 5.75 Å². The number of amides is 4. The van der Waals surface area contributed by atoms with Gasteiger partial charge in [-0.1, -0.05) is 18.2 Å². The van der Waals surface area contributed by atoms with Gasteiger partial charge in [0, 0.05) is 31.7 Å². The van der Waals surface area contributed by atoms with Crippen LogP contribution in [0.5, 0.6) is 5.75 Å². The molecule has 8 nitrogen and oxygen atoms in total. The van der Waals surface area contributed by atoms with E-state index in [0.29, 0.717) is 37.5 Å². The number of imide groups is 1. The van der Waals surface area contributed by atoms with Gasteiger partial charge in [0.2, 0.25) is 5.91 Å². The van der Waals surface area contributed by atoms with Crippen molar-refractivity contribution < 1.29 is 19.1 Å². The maximum atomic E-state index is 12.9. The Labute approximate surface area is 158 Å². The summed E-state index contributed by atoms with van der Waals surface area (Å²) >= 11 is 0. The molecule has 1 unspecified atom stereocenters. The number of hydrogen-bond acceptors (Lipinski definition) is 5. The first kappa shape index (κ1) is 20.0. The predicted octanol–water partition coefficient (Wildman–Crippen LogP) is 0.316. The number of urea groups is 1. The highest BCUT2D eigenvalue weighted by Gasteiger charge is 2.51. The van der Waals surface area contributed by atoms with E-state index in [1.165, 1.54) is 7.11 Å². The molecule has 142 valence electrons. The first-order valence-corrected chi connectivity index (χ1v) is 8.23. The molecule has 2 aliphatic heterocycles. The Kier molecular flexibility index (Phi) is 6.09. The van der Waals surface area contributed by atoms with Crippen molar-refractivity contribution in [2.75, 3.05) is 39.8 Å². The first-order chi connectivity index (χ1) is 12.0. The van der Waals surface area contributed by atoms with Gasteiger partial charge < -0.3 is 20.3 Å². The highest BCUT2D eigenvalue weighted by Crippen LogP contribution is 2.34. The van der Waals surface area contributed by atoms with Crippen LogP contribution in [0.4, 0.5) is 4.79 Å². The molecular formula is C17H23ClN4O4. The lowest BCUT2D eigenvalue weighted by molar-refractivity contribution is -0.139. The van der Waals surface area contributed by atoms with E-state index in [0.717, 1.165) is 4.90 Å². The van der Waals surface area contributed by atoms with Gasteiger partial charge in [0.05, 0.1) is 7.11 Å². The van der Waals surface area contributed by atoms with E-state index in [1.807, 2.05) is 0 Å². The van der Waals surface area contributed by atoms with Gasteiger partial charge in [-0.15, -0.1) is 12.4 Å². The summed E-state index contributed by atoms with van der Waals surface area (Å²) in [5, 5.41) is 5.86. The number of para-hydroxylation sites is 1. The predicted molar refractivity (Wildman–Crippen MR) is 97.3 cm³/mol. The Morgan fingerprint density at radius 2 is 1.88 bits per heavy atom. The zero-order chi connectivity index (χ0) is 18.0. The molecule has 0 spiro atoms. The highest BCUT2D eigenvalue weighted by molar-refractivity contribution is 6.09. The monoisotopic (exact) mass is 382 g/mol. The molecule has 0 radical (unpaired) electrons. The Hall–Kier alpha value is -2.32. The third-order valence-corrected chi connectivity index (χ3v) is 4.68. The number of carbonyl (C=O) groups excluding carboxylic acids is 3. The van der Waals surface area contributed by atoms with E-state index in [9.17, 15) is 14.4 Å². The number of ether oxygens (including phenoxy) is 1. The van der Waals surface area contributed by atoms with Gasteiger partial charge in [0.15, 0.2) is 0 Å². The van der Waals surface area contributed by atoms with Crippen LogP contribution in [0.25, 0.3) is 0 Å². The minimum absolute atomic E-state index is 0. The molecule has 2 fully saturated rings. The van der Waals surface area contributed by atoms with Crippen LogP contribution >= 0.6 is 12.4 Å². The molecular weight excluding hydrogens is 360 g/mol. The fourth-order valence-electron chi connectivity index (χ4n) is 3.23. The van der Waals surface area contributed by atoms with E-state index >= 15 is 0 Å². The molecule has 2 aliphatic rings. The van der Waals surface area contributed by atoms with Crippen molar-refractivity contribution in [2.24, 2.45) is 0 Å². The number of hydrogen-bond donors (Lipinski definition) is 2. The van der Waals surface area contributed by atoms with Crippen molar-refractivity contribution >= 4 is 30.3 Å². The van der Waals surface area contributed by atoms with Gasteiger partial charge >= 0.3 is 6.03 Å². The topological polar surface area (TPSA) is 91.0 Å². The number of methoxy groups -OCH3 is 1. The van der Waals surface area contributed by atoms with Crippen molar-refractivity contribution in [3.05, 3.63) is 29.8 Å². The second-order valence-corrected chi connectivity index (χ2v) is 6.28. The van der Waals surface area contributed by atoms with Crippen LogP contribution in [0.2, 0.25) is 0 Å². The average Bonchev–Trinajstić information content (AvgIpc) is 2.86. The smallest absolute Gasteiger partial charge is 0.325 e. The van der Waals surface area contributed by atoms with Gasteiger partial charge in [-0.25, -0.2) is 4.79 Å². The largest absolute Gasteiger partial charge is 0.496 e. The molecule has 1 aromatic rings. The average molecular weight is 383 g/mol. The van der Waals surface area contributed by atoms with Gasteiger partial charge in [-0.2, -0.15) is 0 Å². The van der Waals surface area contributed by atoms with Crippen molar-refractivity contribution in [1.82, 2.24) is 20.4 Å². The molecule has 0 aromatic heterocycles. The zero-order valence-corrected chi connectivity index (χ0v) is 15.6. The number of rotatable bonds is 4. The summed E-state index contributed by atoms with van der Waals surface area (Å²) in [4.78, 5) is 40.4. The number of nitrogens with zero attached hydrogens (tertiary/aromatic N) is 2. The lowest BCUT2D eigenvalue weighted by atomic mass is 9.91. The van der Waals surface area contributed by atoms with Crippen LogP contribution in [-0.2, 0) is 15.1 Å². The molecule has 4 amide bonds. The second kappa shape index (κ2) is 7.92. The summed E-state index contributed by atoms with van der Waals surface area (Å²) in [6.45, 7) is 3.95. The van der Waals surface area contributed by atoms with Gasteiger partial charge in [0.1, 0.15) is 17.8 Å². The molecule has 3 rings (SSSR count). The molecule has 9 heteroatoms. The van der Waals surface area contributed by atoms with E-state index in [-0.39, 0.29) is 24.9 Å². The first-order valence-electron chi connectivity index (χ1n) is 8.23. The quantitative estimate of drug-likeness (QED) is 0.732. The standard InChI is InChI=1S/C17H22N4O4.ClH/c1-17(12-5-3-4-6-13(12)25-2)15(23)21(16(24)19-17)11-14(22)20-9-7-18-8-10-20;/h3-6,18H,7-11H2,1-2H3,(H,19,24);1H. The zero-order valence-electron chi connectivity index (χ0n) is 14.8. The fourth-order valence-corrected chi connectivity index (χ4v) is 3.23. The summed E-state index contributed by atoms with van der Waals surface area (Å²) in [6, 6.07) is 6.46. The van der Waals surface area contributed by atoms with Crippen LogP contribution in [0.15, 0.2) is 24.3 Å². The molecule has 1 atom stereocenters. The Bertz CT molecular complexity index is 708. The summed E-state index contributed by atoms with van der Waals surface area (Å²) in [5.41, 5.74) is -0.694. The lowest BCUT2D eigenvalue weighted by Gasteiger charge is -2.29.